The molecular formula is C14H19NO4S2. The summed E-state index contributed by atoms with van der Waals surface area (Å²) in [6.07, 6.45) is 2.10. The molecule has 2 fully saturated rings. The van der Waals surface area contributed by atoms with Crippen LogP contribution < -0.4 is 0 Å². The third kappa shape index (κ3) is 3.46. The van der Waals surface area contributed by atoms with Gasteiger partial charge < -0.3 is 0 Å². The van der Waals surface area contributed by atoms with E-state index in [-0.39, 0.29) is 29.3 Å². The van der Waals surface area contributed by atoms with Gasteiger partial charge in [0, 0.05) is 12.1 Å². The number of rotatable bonds is 5. The number of nitrogens with zero attached hydrogens (tertiary/aromatic N) is 1. The van der Waals surface area contributed by atoms with Gasteiger partial charge in [-0.3, -0.25) is 0 Å². The van der Waals surface area contributed by atoms with Crippen LogP contribution in [0.4, 0.5) is 0 Å². The second kappa shape index (κ2) is 5.37. The van der Waals surface area contributed by atoms with Gasteiger partial charge in [-0.2, -0.15) is 4.31 Å². The molecule has 1 aromatic rings. The molecule has 1 aliphatic heterocycles. The van der Waals surface area contributed by atoms with Crippen LogP contribution in [0.2, 0.25) is 0 Å². The van der Waals surface area contributed by atoms with Crippen LogP contribution in [-0.4, -0.2) is 44.7 Å². The maximum Gasteiger partial charge on any atom is 0.218 e. The highest BCUT2D eigenvalue weighted by Crippen LogP contribution is 2.35. The van der Waals surface area contributed by atoms with Gasteiger partial charge in [-0.25, -0.2) is 16.8 Å². The smallest absolute Gasteiger partial charge is 0.218 e. The molecule has 116 valence electrons. The van der Waals surface area contributed by atoms with Crippen molar-refractivity contribution in [1.82, 2.24) is 4.31 Å². The topological polar surface area (TPSA) is 71.5 Å². The molecule has 1 unspecified atom stereocenters. The quantitative estimate of drug-likeness (QED) is 0.813. The van der Waals surface area contributed by atoms with E-state index in [1.807, 2.05) is 18.2 Å². The highest BCUT2D eigenvalue weighted by Gasteiger charge is 2.45. The summed E-state index contributed by atoms with van der Waals surface area (Å²) in [7, 11) is -6.56. The highest BCUT2D eigenvalue weighted by molar-refractivity contribution is 7.92. The Morgan fingerprint density at radius 1 is 1.05 bits per heavy atom. The summed E-state index contributed by atoms with van der Waals surface area (Å²) in [5.41, 5.74) is 0.740. The van der Waals surface area contributed by atoms with Gasteiger partial charge in [-0.05, 0) is 24.8 Å². The first kappa shape index (κ1) is 15.0. The Hall–Kier alpha value is -0.920. The minimum absolute atomic E-state index is 0.00277. The Balaban J connectivity index is 1.83. The van der Waals surface area contributed by atoms with Crippen LogP contribution in [0.5, 0.6) is 0 Å². The zero-order valence-corrected chi connectivity index (χ0v) is 13.3. The fraction of sp³-hybridized carbons (Fsp3) is 0.571. The van der Waals surface area contributed by atoms with Gasteiger partial charge >= 0.3 is 0 Å². The Morgan fingerprint density at radius 2 is 1.71 bits per heavy atom. The van der Waals surface area contributed by atoms with E-state index in [0.717, 1.165) is 18.4 Å². The third-order valence-electron chi connectivity index (χ3n) is 3.99. The molecule has 1 atom stereocenters. The lowest BCUT2D eigenvalue weighted by atomic mass is 10.2. The summed E-state index contributed by atoms with van der Waals surface area (Å²) in [6.45, 7) is 0. The molecular weight excluding hydrogens is 310 g/mol. The molecule has 0 aromatic heterocycles. The van der Waals surface area contributed by atoms with Crippen LogP contribution >= 0.6 is 0 Å². The monoisotopic (exact) mass is 329 g/mol. The molecule has 3 rings (SSSR count). The van der Waals surface area contributed by atoms with Gasteiger partial charge in [0.1, 0.15) is 0 Å². The normalized spacial score (nSPS) is 25.3. The first-order chi connectivity index (χ1) is 9.87. The summed E-state index contributed by atoms with van der Waals surface area (Å²) in [4.78, 5) is 0. The first-order valence-electron chi connectivity index (χ1n) is 7.13. The van der Waals surface area contributed by atoms with Crippen molar-refractivity contribution in [1.29, 1.82) is 0 Å². The molecule has 7 heteroatoms. The molecule has 2 aliphatic rings. The first-order valence-corrected chi connectivity index (χ1v) is 10.6. The van der Waals surface area contributed by atoms with Crippen molar-refractivity contribution in [2.45, 2.75) is 37.1 Å². The Kier molecular flexibility index (Phi) is 3.83. The van der Waals surface area contributed by atoms with Crippen molar-refractivity contribution >= 4 is 19.9 Å². The van der Waals surface area contributed by atoms with Crippen molar-refractivity contribution in [2.24, 2.45) is 0 Å². The SMILES string of the molecule is O=S1(=O)CCC(N(C2CC2)S(=O)(=O)Cc2ccccc2)C1. The number of sulfone groups is 1. The van der Waals surface area contributed by atoms with Crippen molar-refractivity contribution in [3.63, 3.8) is 0 Å². The Labute approximate surface area is 125 Å². The Bertz CT molecular complexity index is 709. The fourth-order valence-corrected chi connectivity index (χ4v) is 6.78. The number of hydrogen-bond donors (Lipinski definition) is 0. The number of hydrogen-bond acceptors (Lipinski definition) is 4. The third-order valence-corrected chi connectivity index (χ3v) is 7.68. The van der Waals surface area contributed by atoms with Crippen LogP contribution in [0.15, 0.2) is 30.3 Å². The van der Waals surface area contributed by atoms with E-state index in [9.17, 15) is 16.8 Å². The lowest BCUT2D eigenvalue weighted by molar-refractivity contribution is 0.332. The van der Waals surface area contributed by atoms with E-state index in [4.69, 9.17) is 0 Å². The summed E-state index contributed by atoms with van der Waals surface area (Å²) < 4.78 is 50.2. The maximum absolute atomic E-state index is 12.7. The predicted molar refractivity (Wildman–Crippen MR) is 81.0 cm³/mol. The van der Waals surface area contributed by atoms with Gasteiger partial charge in [0.15, 0.2) is 9.84 Å². The molecule has 1 saturated heterocycles. The minimum Gasteiger partial charge on any atom is -0.229 e. The number of benzene rings is 1. The molecule has 0 spiro atoms. The average Bonchev–Trinajstić information content (AvgIpc) is 3.14. The van der Waals surface area contributed by atoms with Gasteiger partial charge in [0.2, 0.25) is 10.0 Å². The maximum atomic E-state index is 12.7. The van der Waals surface area contributed by atoms with Crippen LogP contribution in [0.3, 0.4) is 0 Å². The van der Waals surface area contributed by atoms with Gasteiger partial charge in [-0.15, -0.1) is 0 Å². The molecule has 0 N–H and O–H groups in total. The van der Waals surface area contributed by atoms with E-state index >= 15 is 0 Å². The molecule has 0 amide bonds. The van der Waals surface area contributed by atoms with Crippen molar-refractivity contribution < 1.29 is 16.8 Å². The zero-order chi connectivity index (χ0) is 15.1. The molecule has 0 bridgehead atoms. The van der Waals surface area contributed by atoms with Crippen LogP contribution in [0.1, 0.15) is 24.8 Å². The van der Waals surface area contributed by atoms with Crippen LogP contribution in [0, 0.1) is 0 Å². The molecule has 0 radical (unpaired) electrons. The standard InChI is InChI=1S/C14H19NO4S2/c16-20(17)9-8-14(11-20)15(13-6-7-13)21(18,19)10-12-4-2-1-3-5-12/h1-5,13-14H,6-11H2. The van der Waals surface area contributed by atoms with E-state index in [1.54, 1.807) is 12.1 Å². The van der Waals surface area contributed by atoms with E-state index in [2.05, 4.69) is 0 Å². The van der Waals surface area contributed by atoms with Gasteiger partial charge in [-0.1, -0.05) is 30.3 Å². The Morgan fingerprint density at radius 3 is 2.24 bits per heavy atom. The summed E-state index contributed by atoms with van der Waals surface area (Å²) >= 11 is 0. The molecule has 1 aliphatic carbocycles. The summed E-state index contributed by atoms with van der Waals surface area (Å²) in [5, 5.41) is 0. The highest BCUT2D eigenvalue weighted by atomic mass is 32.2. The van der Waals surface area contributed by atoms with Crippen molar-refractivity contribution in [3.05, 3.63) is 35.9 Å². The van der Waals surface area contributed by atoms with E-state index in [0.29, 0.717) is 6.42 Å². The largest absolute Gasteiger partial charge is 0.229 e. The molecule has 1 saturated carbocycles. The second-order valence-electron chi connectivity index (χ2n) is 5.86. The van der Waals surface area contributed by atoms with Crippen LogP contribution in [-0.2, 0) is 25.6 Å². The fourth-order valence-electron chi connectivity index (χ4n) is 2.92. The lowest BCUT2D eigenvalue weighted by Crippen LogP contribution is -2.43. The van der Waals surface area contributed by atoms with E-state index < -0.39 is 19.9 Å². The van der Waals surface area contributed by atoms with Crippen molar-refractivity contribution in [3.8, 4) is 0 Å². The lowest BCUT2D eigenvalue weighted by Gasteiger charge is -2.27. The summed E-state index contributed by atoms with van der Waals surface area (Å²) in [5.74, 6) is 0.0140. The van der Waals surface area contributed by atoms with Crippen LogP contribution in [0.25, 0.3) is 0 Å². The molecule has 1 aromatic carbocycles. The molecule has 21 heavy (non-hydrogen) atoms. The molecule has 1 heterocycles. The minimum atomic E-state index is -3.48. The van der Waals surface area contributed by atoms with E-state index in [1.165, 1.54) is 4.31 Å². The number of sulfonamides is 1. The van der Waals surface area contributed by atoms with Gasteiger partial charge in [0.25, 0.3) is 0 Å². The van der Waals surface area contributed by atoms with Gasteiger partial charge in [0.05, 0.1) is 17.3 Å². The second-order valence-corrected chi connectivity index (χ2v) is 9.96. The summed E-state index contributed by atoms with van der Waals surface area (Å²) in [6, 6.07) is 8.66. The average molecular weight is 329 g/mol. The molecule has 5 nitrogen and oxygen atoms in total. The van der Waals surface area contributed by atoms with Crippen molar-refractivity contribution in [2.75, 3.05) is 11.5 Å². The predicted octanol–water partition coefficient (Wildman–Crippen LogP) is 1.17. The zero-order valence-electron chi connectivity index (χ0n) is 11.7.